The summed E-state index contributed by atoms with van der Waals surface area (Å²) < 4.78 is 70.6. The second kappa shape index (κ2) is 13.7. The molecule has 16 heteroatoms. The van der Waals surface area contributed by atoms with Crippen LogP contribution in [0.4, 0.5) is 24.5 Å². The number of amides is 1. The van der Waals surface area contributed by atoms with Crippen molar-refractivity contribution in [1.82, 2.24) is 19.2 Å². The first-order valence-electron chi connectivity index (χ1n) is 14.4. The second-order valence-electron chi connectivity index (χ2n) is 10.6. The number of benzene rings is 2. The lowest BCUT2D eigenvalue weighted by Gasteiger charge is -2.19. The molecule has 0 saturated carbocycles. The van der Waals surface area contributed by atoms with Crippen molar-refractivity contribution in [2.75, 3.05) is 36.6 Å². The monoisotopic (exact) mass is 690 g/mol. The Hall–Kier alpha value is -4.47. The Morgan fingerprint density at radius 3 is 2.60 bits per heavy atom. The quantitative estimate of drug-likeness (QED) is 0.232. The summed E-state index contributed by atoms with van der Waals surface area (Å²) in [4.78, 5) is 32.3. The minimum atomic E-state index is -4.61. The number of hydrogen-bond acceptors (Lipinski definition) is 8. The van der Waals surface area contributed by atoms with E-state index in [1.54, 1.807) is 35.8 Å². The highest BCUT2D eigenvalue weighted by molar-refractivity contribution is 7.93. The third kappa shape index (κ3) is 7.75. The minimum Gasteiger partial charge on any atom is -0.381 e. The van der Waals surface area contributed by atoms with Crippen molar-refractivity contribution in [3.8, 4) is 11.1 Å². The summed E-state index contributed by atoms with van der Waals surface area (Å²) in [5.41, 5.74) is 0.968. The molecule has 1 amide bonds. The Morgan fingerprint density at radius 2 is 1.94 bits per heavy atom. The number of fused-ring (bicyclic) bond motifs is 1. The number of para-hydroxylation sites is 1. The van der Waals surface area contributed by atoms with E-state index in [9.17, 15) is 31.2 Å². The third-order valence-corrected chi connectivity index (χ3v) is 8.26. The van der Waals surface area contributed by atoms with Crippen LogP contribution >= 0.6 is 11.6 Å². The zero-order valence-corrected chi connectivity index (χ0v) is 26.8. The molecule has 0 radical (unpaired) electrons. The van der Waals surface area contributed by atoms with Gasteiger partial charge in [-0.2, -0.15) is 22.7 Å². The molecule has 5 rings (SSSR count). The van der Waals surface area contributed by atoms with Crippen LogP contribution in [0.25, 0.3) is 22.5 Å². The van der Waals surface area contributed by atoms with Crippen LogP contribution in [0.2, 0.25) is 5.02 Å². The Morgan fingerprint density at radius 1 is 1.17 bits per heavy atom. The largest absolute Gasteiger partial charge is 0.416 e. The molecule has 1 aliphatic heterocycles. The molecule has 2 aromatic carbocycles. The Bertz CT molecular complexity index is 2070. The average Bonchev–Trinajstić information content (AvgIpc) is 3.47. The number of halogens is 4. The van der Waals surface area contributed by atoms with Crippen molar-refractivity contribution in [2.24, 2.45) is 0 Å². The molecule has 0 aliphatic carbocycles. The number of nitrogens with one attached hydrogen (secondary N) is 2. The molecule has 0 saturated heterocycles. The van der Waals surface area contributed by atoms with Gasteiger partial charge in [-0.15, -0.1) is 5.10 Å². The first-order valence-corrected chi connectivity index (χ1v) is 16.8. The number of anilines is 2. The maximum absolute atomic E-state index is 14.2. The number of ether oxygens (including phenoxy) is 1. The number of aromatic nitrogens is 4. The molecular weight excluding hydrogens is 661 g/mol. The molecule has 0 bridgehead atoms. The molecular formula is C31H30ClF3N6O5S. The summed E-state index contributed by atoms with van der Waals surface area (Å²) in [6.07, 6.45) is 0.511. The molecule has 0 spiro atoms. The van der Waals surface area contributed by atoms with Crippen LogP contribution in [0.1, 0.15) is 30.4 Å². The Labute approximate surface area is 272 Å². The third-order valence-electron chi connectivity index (χ3n) is 7.26. The first-order chi connectivity index (χ1) is 22.3. The predicted molar refractivity (Wildman–Crippen MR) is 173 cm³/mol. The van der Waals surface area contributed by atoms with Crippen molar-refractivity contribution in [3.63, 3.8) is 0 Å². The normalized spacial score (nSPS) is 14.0. The molecule has 1 aliphatic rings. The van der Waals surface area contributed by atoms with Crippen LogP contribution < -0.4 is 16.2 Å². The van der Waals surface area contributed by atoms with Gasteiger partial charge in [-0.3, -0.25) is 9.59 Å². The molecule has 11 nitrogen and oxygen atoms in total. The average molecular weight is 691 g/mol. The van der Waals surface area contributed by atoms with Gasteiger partial charge in [0, 0.05) is 35.2 Å². The van der Waals surface area contributed by atoms with Gasteiger partial charge in [0.15, 0.2) is 15.7 Å². The van der Waals surface area contributed by atoms with E-state index in [-0.39, 0.29) is 41.6 Å². The number of alkyl halides is 3. The number of carbonyl (C=O) groups is 1. The van der Waals surface area contributed by atoms with Crippen LogP contribution in [0.3, 0.4) is 0 Å². The van der Waals surface area contributed by atoms with E-state index < -0.39 is 33.0 Å². The lowest BCUT2D eigenvalue weighted by Crippen LogP contribution is -2.29. The highest BCUT2D eigenvalue weighted by Gasteiger charge is 2.31. The summed E-state index contributed by atoms with van der Waals surface area (Å²) in [5, 5.41) is 11.0. The Balaban J connectivity index is 1.62. The topological polar surface area (TPSA) is 137 Å². The van der Waals surface area contributed by atoms with Crippen LogP contribution in [-0.2, 0) is 38.5 Å². The van der Waals surface area contributed by atoms with Gasteiger partial charge in [0.2, 0.25) is 11.7 Å². The van der Waals surface area contributed by atoms with E-state index in [1.807, 2.05) is 6.08 Å². The van der Waals surface area contributed by atoms with Crippen molar-refractivity contribution in [2.45, 2.75) is 32.5 Å². The van der Waals surface area contributed by atoms with E-state index in [0.29, 0.717) is 42.4 Å². The van der Waals surface area contributed by atoms with Crippen molar-refractivity contribution >= 4 is 50.1 Å². The van der Waals surface area contributed by atoms with E-state index in [0.717, 1.165) is 40.0 Å². The zero-order chi connectivity index (χ0) is 33.9. The fraction of sp³-hybridized carbons (Fsp3) is 0.290. The number of hydrogen-bond donors (Lipinski definition) is 2. The zero-order valence-electron chi connectivity index (χ0n) is 25.3. The van der Waals surface area contributed by atoms with Gasteiger partial charge in [-0.05, 0) is 42.7 Å². The predicted octanol–water partition coefficient (Wildman–Crippen LogP) is 5.21. The lowest BCUT2D eigenvalue weighted by atomic mass is 10.0. The Kier molecular flexibility index (Phi) is 9.89. The van der Waals surface area contributed by atoms with Gasteiger partial charge in [0.05, 0.1) is 35.1 Å². The maximum atomic E-state index is 14.2. The molecule has 2 N–H and O–H groups in total. The van der Waals surface area contributed by atoms with E-state index in [2.05, 4.69) is 20.7 Å². The minimum absolute atomic E-state index is 0.0220. The highest BCUT2D eigenvalue weighted by Crippen LogP contribution is 2.34. The number of carbonyl (C=O) groups excluding carboxylic acids is 1. The number of sulfone groups is 1. The van der Waals surface area contributed by atoms with Crippen LogP contribution in [0, 0.1) is 0 Å². The fourth-order valence-electron chi connectivity index (χ4n) is 5.14. The van der Waals surface area contributed by atoms with E-state index >= 15 is 0 Å². The summed E-state index contributed by atoms with van der Waals surface area (Å²) in [5.74, 6) is -0.250. The first kappa shape index (κ1) is 33.9. The smallest absolute Gasteiger partial charge is 0.381 e. The summed E-state index contributed by atoms with van der Waals surface area (Å²) in [6.45, 7) is 2.36. The van der Waals surface area contributed by atoms with Gasteiger partial charge < -0.3 is 19.9 Å². The van der Waals surface area contributed by atoms with E-state index in [4.69, 9.17) is 16.3 Å². The molecule has 0 fully saturated rings. The van der Waals surface area contributed by atoms with Crippen LogP contribution in [0.15, 0.2) is 64.8 Å². The highest BCUT2D eigenvalue weighted by atomic mass is 35.5. The fourth-order valence-corrected chi connectivity index (χ4v) is 5.82. The van der Waals surface area contributed by atoms with Gasteiger partial charge >= 0.3 is 6.18 Å². The molecule has 2 aromatic heterocycles. The van der Waals surface area contributed by atoms with Gasteiger partial charge in [0.25, 0.3) is 5.56 Å². The van der Waals surface area contributed by atoms with Crippen molar-refractivity contribution in [1.29, 1.82) is 0 Å². The molecule has 4 aromatic rings. The SMILES string of the molecule is CCc1c(-c2ccccc2NC/C=C/S(C)(=O)=O)c(=O)n2nc(C3=CCOCC3)nc2n1CC(=O)Nc1ccc(C(F)(F)F)cc1Cl. The van der Waals surface area contributed by atoms with Crippen molar-refractivity contribution < 1.29 is 31.1 Å². The van der Waals surface area contributed by atoms with Gasteiger partial charge in [0.1, 0.15) is 6.54 Å². The second-order valence-corrected chi connectivity index (χ2v) is 13.0. The van der Waals surface area contributed by atoms with Crippen LogP contribution in [0.5, 0.6) is 0 Å². The molecule has 47 heavy (non-hydrogen) atoms. The lowest BCUT2D eigenvalue weighted by molar-refractivity contribution is -0.137. The molecule has 0 unspecified atom stereocenters. The van der Waals surface area contributed by atoms with Crippen LogP contribution in [-0.4, -0.2) is 59.5 Å². The number of rotatable bonds is 10. The molecule has 248 valence electrons. The van der Waals surface area contributed by atoms with Gasteiger partial charge in [-0.25, -0.2) is 8.42 Å². The summed E-state index contributed by atoms with van der Waals surface area (Å²) in [7, 11) is -3.34. The summed E-state index contributed by atoms with van der Waals surface area (Å²) in [6, 6.07) is 9.55. The van der Waals surface area contributed by atoms with Crippen molar-refractivity contribution in [3.05, 3.63) is 92.5 Å². The number of nitrogens with zero attached hydrogens (tertiary/aromatic N) is 4. The standard InChI is InChI=1S/C31H30ClF3N6O5S/c1-3-25-27(21-7-4-5-8-23(21)36-13-6-16-47(2,44)45)29(43)41-30(38-28(39-41)19-11-14-46-15-12-19)40(25)18-26(42)37-24-10-9-20(17-22(24)32)31(33,34)35/h4-11,16-17,36H,3,12-15,18H2,1-2H3,(H,37,42)/b16-6+. The maximum Gasteiger partial charge on any atom is 0.416 e. The van der Waals surface area contributed by atoms with E-state index in [1.165, 1.54) is 6.08 Å². The summed E-state index contributed by atoms with van der Waals surface area (Å²) >= 11 is 6.10. The molecule has 0 atom stereocenters. The molecule has 3 heterocycles. The van der Waals surface area contributed by atoms with Gasteiger partial charge in [-0.1, -0.05) is 48.9 Å².